The Morgan fingerprint density at radius 3 is 2.26 bits per heavy atom. The maximum absolute atomic E-state index is 13.2. The minimum Gasteiger partial charge on any atom is -0.494 e. The normalized spacial score (nSPS) is 11.9. The second-order valence-corrected chi connectivity index (χ2v) is 11.4. The van der Waals surface area contributed by atoms with Gasteiger partial charge in [-0.1, -0.05) is 53.5 Å². The first-order valence-electron chi connectivity index (χ1n) is 12.5. The first kappa shape index (κ1) is 28.3. The second-order valence-electron chi connectivity index (χ2n) is 8.80. The van der Waals surface area contributed by atoms with Crippen molar-refractivity contribution < 1.29 is 17.9 Å². The predicted molar refractivity (Wildman–Crippen MR) is 156 cm³/mol. The van der Waals surface area contributed by atoms with E-state index in [9.17, 15) is 13.2 Å². The molecule has 4 aromatic rings. The van der Waals surface area contributed by atoms with Crippen LogP contribution < -0.4 is 14.8 Å². The van der Waals surface area contributed by atoms with Gasteiger partial charge in [-0.3, -0.25) is 4.79 Å². The monoisotopic (exact) mass is 608 g/mol. The van der Waals surface area contributed by atoms with E-state index in [4.69, 9.17) is 4.74 Å². The van der Waals surface area contributed by atoms with E-state index in [2.05, 4.69) is 42.9 Å². The SMILES string of the molecule is CCCCOc1ccc(C(CC(=O)c2ccc(Br)cc2)Nc2ccc(S(=O)(=O)Nc3ncccn3)cc2)cc1. The highest BCUT2D eigenvalue weighted by atomic mass is 79.9. The number of benzene rings is 3. The number of unbranched alkanes of at least 4 members (excludes halogenated alkanes) is 1. The minimum atomic E-state index is -3.86. The number of anilines is 2. The molecule has 1 heterocycles. The van der Waals surface area contributed by atoms with Gasteiger partial charge in [0.15, 0.2) is 5.78 Å². The number of carbonyl (C=O) groups is 1. The number of sulfonamides is 1. The molecule has 10 heteroatoms. The molecule has 8 nitrogen and oxygen atoms in total. The van der Waals surface area contributed by atoms with Crippen molar-refractivity contribution in [2.45, 2.75) is 37.1 Å². The van der Waals surface area contributed by atoms with E-state index in [1.54, 1.807) is 30.3 Å². The van der Waals surface area contributed by atoms with Crippen LogP contribution in [0.3, 0.4) is 0 Å². The molecule has 39 heavy (non-hydrogen) atoms. The van der Waals surface area contributed by atoms with Gasteiger partial charge < -0.3 is 10.1 Å². The number of Topliss-reactive ketones (excluding diaryl/α,β-unsaturated/α-hetero) is 1. The number of rotatable bonds is 13. The summed E-state index contributed by atoms with van der Waals surface area (Å²) in [6.07, 6.45) is 5.14. The molecule has 0 saturated carbocycles. The number of nitrogens with one attached hydrogen (secondary N) is 2. The lowest BCUT2D eigenvalue weighted by Crippen LogP contribution is -2.17. The van der Waals surface area contributed by atoms with Crippen LogP contribution in [-0.2, 0) is 10.0 Å². The molecule has 202 valence electrons. The average Bonchev–Trinajstić information content (AvgIpc) is 2.94. The largest absolute Gasteiger partial charge is 0.494 e. The number of hydrogen-bond acceptors (Lipinski definition) is 7. The molecule has 0 radical (unpaired) electrons. The molecule has 0 aliphatic heterocycles. The Labute approximate surface area is 237 Å². The standard InChI is InChI=1S/C29H29BrN4O4S/c1-2-3-19-38-25-13-7-21(8-14-25)27(20-28(35)22-5-9-23(30)10-6-22)33-24-11-15-26(16-12-24)39(36,37)34-29-31-17-4-18-32-29/h4-18,27,33H,2-3,19-20H2,1H3,(H,31,32,34). The number of carbonyl (C=O) groups excluding carboxylic acids is 1. The summed E-state index contributed by atoms with van der Waals surface area (Å²) in [6.45, 7) is 2.77. The summed E-state index contributed by atoms with van der Waals surface area (Å²) in [5.41, 5.74) is 2.19. The van der Waals surface area contributed by atoms with E-state index in [1.165, 1.54) is 24.5 Å². The van der Waals surface area contributed by atoms with E-state index in [0.29, 0.717) is 17.9 Å². The van der Waals surface area contributed by atoms with Crippen molar-refractivity contribution >= 4 is 43.4 Å². The van der Waals surface area contributed by atoms with Crippen LogP contribution in [0.25, 0.3) is 0 Å². The third-order valence-corrected chi connectivity index (χ3v) is 7.77. The van der Waals surface area contributed by atoms with Crippen LogP contribution in [0.1, 0.15) is 48.1 Å². The highest BCUT2D eigenvalue weighted by molar-refractivity contribution is 9.10. The third kappa shape index (κ3) is 8.11. The molecule has 0 aliphatic rings. The number of nitrogens with zero attached hydrogens (tertiary/aromatic N) is 2. The van der Waals surface area contributed by atoms with E-state index < -0.39 is 10.0 Å². The Balaban J connectivity index is 1.53. The summed E-state index contributed by atoms with van der Waals surface area (Å²) in [4.78, 5) is 21.0. The Morgan fingerprint density at radius 2 is 1.62 bits per heavy atom. The number of ketones is 1. The van der Waals surface area contributed by atoms with Crippen molar-refractivity contribution in [2.24, 2.45) is 0 Å². The summed E-state index contributed by atoms with van der Waals surface area (Å²) < 4.78 is 34.5. The van der Waals surface area contributed by atoms with Crippen LogP contribution in [0.5, 0.6) is 5.75 Å². The van der Waals surface area contributed by atoms with Gasteiger partial charge in [0.25, 0.3) is 10.0 Å². The van der Waals surface area contributed by atoms with Crippen LogP contribution in [0.4, 0.5) is 11.6 Å². The van der Waals surface area contributed by atoms with Gasteiger partial charge in [-0.15, -0.1) is 0 Å². The molecule has 0 saturated heterocycles. The topological polar surface area (TPSA) is 110 Å². The number of hydrogen-bond donors (Lipinski definition) is 2. The Morgan fingerprint density at radius 1 is 0.949 bits per heavy atom. The Bertz CT molecular complexity index is 1460. The van der Waals surface area contributed by atoms with Crippen LogP contribution in [-0.4, -0.2) is 30.8 Å². The zero-order chi connectivity index (χ0) is 27.7. The van der Waals surface area contributed by atoms with E-state index in [-0.39, 0.29) is 29.1 Å². The summed E-state index contributed by atoms with van der Waals surface area (Å²) >= 11 is 3.40. The quantitative estimate of drug-likeness (QED) is 0.129. The fourth-order valence-corrected chi connectivity index (χ4v) is 5.01. The Hall–Kier alpha value is -3.76. The van der Waals surface area contributed by atoms with Crippen LogP contribution in [0.2, 0.25) is 0 Å². The van der Waals surface area contributed by atoms with Gasteiger partial charge in [0.1, 0.15) is 5.75 Å². The van der Waals surface area contributed by atoms with Crippen molar-refractivity contribution in [1.82, 2.24) is 9.97 Å². The first-order valence-corrected chi connectivity index (χ1v) is 14.8. The molecule has 4 rings (SSSR count). The molecule has 0 aliphatic carbocycles. The number of halogens is 1. The molecule has 3 aromatic carbocycles. The molecule has 0 bridgehead atoms. The molecule has 1 aromatic heterocycles. The van der Waals surface area contributed by atoms with Crippen LogP contribution >= 0.6 is 15.9 Å². The lowest BCUT2D eigenvalue weighted by atomic mass is 9.97. The second kappa shape index (κ2) is 13.3. The van der Waals surface area contributed by atoms with Crippen LogP contribution in [0, 0.1) is 0 Å². The number of ether oxygens (including phenoxy) is 1. The lowest BCUT2D eigenvalue weighted by Gasteiger charge is -2.21. The molecule has 1 atom stereocenters. The molecule has 0 spiro atoms. The highest BCUT2D eigenvalue weighted by Crippen LogP contribution is 2.28. The summed E-state index contributed by atoms with van der Waals surface area (Å²) in [7, 11) is -3.86. The van der Waals surface area contributed by atoms with Gasteiger partial charge in [-0.05, 0) is 66.6 Å². The summed E-state index contributed by atoms with van der Waals surface area (Å²) in [6, 6.07) is 22.5. The third-order valence-electron chi connectivity index (χ3n) is 5.90. The van der Waals surface area contributed by atoms with Crippen molar-refractivity contribution in [3.8, 4) is 5.75 Å². The van der Waals surface area contributed by atoms with E-state index in [1.807, 2.05) is 36.4 Å². The van der Waals surface area contributed by atoms with Crippen molar-refractivity contribution in [1.29, 1.82) is 0 Å². The number of aromatic nitrogens is 2. The molecule has 0 amide bonds. The van der Waals surface area contributed by atoms with Crippen molar-refractivity contribution in [2.75, 3.05) is 16.6 Å². The molecule has 0 fully saturated rings. The maximum atomic E-state index is 13.2. The molecular weight excluding hydrogens is 580 g/mol. The summed E-state index contributed by atoms with van der Waals surface area (Å²) in [5.74, 6) is 0.748. The van der Waals surface area contributed by atoms with Crippen LogP contribution in [0.15, 0.2) is 101 Å². The molecular formula is C29H29BrN4O4S. The van der Waals surface area contributed by atoms with Gasteiger partial charge in [-0.25, -0.2) is 23.1 Å². The maximum Gasteiger partial charge on any atom is 0.264 e. The van der Waals surface area contributed by atoms with E-state index in [0.717, 1.165) is 28.6 Å². The van der Waals surface area contributed by atoms with Gasteiger partial charge >= 0.3 is 0 Å². The Kier molecular flexibility index (Phi) is 9.67. The lowest BCUT2D eigenvalue weighted by molar-refractivity contribution is 0.0976. The first-order chi connectivity index (χ1) is 18.8. The average molecular weight is 610 g/mol. The fourth-order valence-electron chi connectivity index (χ4n) is 3.78. The van der Waals surface area contributed by atoms with E-state index >= 15 is 0 Å². The zero-order valence-corrected chi connectivity index (χ0v) is 23.8. The summed E-state index contributed by atoms with van der Waals surface area (Å²) in [5, 5.41) is 3.40. The fraction of sp³-hybridized carbons (Fsp3) is 0.207. The van der Waals surface area contributed by atoms with Crippen molar-refractivity contribution in [3.05, 3.63) is 107 Å². The predicted octanol–water partition coefficient (Wildman–Crippen LogP) is 6.65. The zero-order valence-electron chi connectivity index (χ0n) is 21.4. The molecule has 1 unspecified atom stereocenters. The molecule has 2 N–H and O–H groups in total. The smallest absolute Gasteiger partial charge is 0.264 e. The van der Waals surface area contributed by atoms with Gasteiger partial charge in [-0.2, -0.15) is 0 Å². The highest BCUT2D eigenvalue weighted by Gasteiger charge is 2.19. The van der Waals surface area contributed by atoms with Gasteiger partial charge in [0.2, 0.25) is 5.95 Å². The van der Waals surface area contributed by atoms with Gasteiger partial charge in [0, 0.05) is 34.5 Å². The van der Waals surface area contributed by atoms with Gasteiger partial charge in [0.05, 0.1) is 17.5 Å². The van der Waals surface area contributed by atoms with Crippen molar-refractivity contribution in [3.63, 3.8) is 0 Å². The minimum absolute atomic E-state index is 0.00617.